The second kappa shape index (κ2) is 5.79. The second-order valence-electron chi connectivity index (χ2n) is 11.1. The van der Waals surface area contributed by atoms with Crippen molar-refractivity contribution in [1.82, 2.24) is 0 Å². The maximum Gasteiger partial charge on any atom is -0.0000476 e. The lowest BCUT2D eigenvalue weighted by molar-refractivity contribution is 1.82. The van der Waals surface area contributed by atoms with E-state index in [-0.39, 0.29) is 0 Å². The van der Waals surface area contributed by atoms with Crippen molar-refractivity contribution in [1.29, 1.82) is 0 Å². The van der Waals surface area contributed by atoms with E-state index in [1.165, 1.54) is 108 Å². The largest absolute Gasteiger partial charge is 0.0616 e. The van der Waals surface area contributed by atoms with Crippen molar-refractivity contribution in [2.45, 2.75) is 0 Å². The second-order valence-corrected chi connectivity index (χ2v) is 11.1. The van der Waals surface area contributed by atoms with Crippen LogP contribution < -0.4 is 0 Å². The lowest BCUT2D eigenvalue weighted by Gasteiger charge is -2.16. The molecule has 0 aliphatic heterocycles. The molecular formula is C38H18. The lowest BCUT2D eigenvalue weighted by Crippen LogP contribution is -1.87. The Balaban J connectivity index is 1.75. The third kappa shape index (κ3) is 1.71. The molecule has 0 aliphatic carbocycles. The van der Waals surface area contributed by atoms with Crippen LogP contribution in [0.15, 0.2) is 109 Å². The predicted molar refractivity (Wildman–Crippen MR) is 166 cm³/mol. The Labute approximate surface area is 216 Å². The summed E-state index contributed by atoms with van der Waals surface area (Å²) in [7, 11) is 0. The summed E-state index contributed by atoms with van der Waals surface area (Å²) < 4.78 is 0. The van der Waals surface area contributed by atoms with Crippen molar-refractivity contribution >= 4 is 108 Å². The topological polar surface area (TPSA) is 0 Å². The zero-order valence-electron chi connectivity index (χ0n) is 20.4. The molecule has 0 aliphatic rings. The number of hydrogen-bond acceptors (Lipinski definition) is 0. The maximum absolute atomic E-state index is 2.35. The van der Waals surface area contributed by atoms with Gasteiger partial charge in [-0.1, -0.05) is 109 Å². The first-order chi connectivity index (χ1) is 18.9. The molecule has 0 spiro atoms. The zero-order valence-corrected chi connectivity index (χ0v) is 20.4. The molecule has 0 heterocycles. The van der Waals surface area contributed by atoms with Crippen LogP contribution in [0.25, 0.3) is 108 Å². The van der Waals surface area contributed by atoms with E-state index in [9.17, 15) is 0 Å². The molecule has 0 amide bonds. The lowest BCUT2D eigenvalue weighted by atomic mass is 9.86. The third-order valence-corrected chi connectivity index (χ3v) is 9.61. The van der Waals surface area contributed by atoms with Gasteiger partial charge in [-0.3, -0.25) is 0 Å². The minimum atomic E-state index is 1.36. The van der Waals surface area contributed by atoms with Crippen molar-refractivity contribution in [3.63, 3.8) is 0 Å². The standard InChI is InChI=1S/C38H18/c1-2-10-20-19(9-1)29-21-11-3-5-13-23(21)31-25-15-7-17-27(25)33-28-18-8-16-26(28)32-24-14-6-4-12-22(24)30(20)35-34(29)36(31)38(33)37(32)35/h1-18H. The summed E-state index contributed by atoms with van der Waals surface area (Å²) in [5, 5.41) is 28.1. The van der Waals surface area contributed by atoms with Crippen LogP contribution in [0.3, 0.4) is 0 Å². The fourth-order valence-electron chi connectivity index (χ4n) is 8.42. The molecule has 0 saturated heterocycles. The summed E-state index contributed by atoms with van der Waals surface area (Å²) in [6, 6.07) is 41.2. The van der Waals surface area contributed by atoms with Crippen LogP contribution in [0.4, 0.5) is 0 Å². The molecule has 11 rings (SSSR count). The van der Waals surface area contributed by atoms with E-state index in [1.807, 2.05) is 0 Å². The van der Waals surface area contributed by atoms with E-state index >= 15 is 0 Å². The van der Waals surface area contributed by atoms with Gasteiger partial charge in [-0.25, -0.2) is 0 Å². The first kappa shape index (κ1) is 18.3. The molecule has 170 valence electrons. The zero-order chi connectivity index (χ0) is 24.3. The molecule has 0 N–H and O–H groups in total. The van der Waals surface area contributed by atoms with E-state index in [0.29, 0.717) is 0 Å². The van der Waals surface area contributed by atoms with Gasteiger partial charge in [0.05, 0.1) is 0 Å². The van der Waals surface area contributed by atoms with Crippen LogP contribution in [0.5, 0.6) is 0 Å². The minimum absolute atomic E-state index is 1.36. The summed E-state index contributed by atoms with van der Waals surface area (Å²) in [4.78, 5) is 0. The van der Waals surface area contributed by atoms with Gasteiger partial charge in [0, 0.05) is 0 Å². The van der Waals surface area contributed by atoms with Gasteiger partial charge < -0.3 is 0 Å². The van der Waals surface area contributed by atoms with Gasteiger partial charge in [0.15, 0.2) is 0 Å². The SMILES string of the molecule is c1ccc2c(c1)c1c3ccccc3c3c4cccc4c4c5cccc5c5c6ccccc6c2c2c1c3c4c52. The summed E-state index contributed by atoms with van der Waals surface area (Å²) in [6.07, 6.45) is 0. The predicted octanol–water partition coefficient (Wildman–Crippen LogP) is 11.0. The van der Waals surface area contributed by atoms with Crippen molar-refractivity contribution in [2.75, 3.05) is 0 Å². The summed E-state index contributed by atoms with van der Waals surface area (Å²) in [6.45, 7) is 0. The highest BCUT2D eigenvalue weighted by atomic mass is 14.3. The van der Waals surface area contributed by atoms with Gasteiger partial charge >= 0.3 is 0 Å². The first-order valence-corrected chi connectivity index (χ1v) is 13.5. The van der Waals surface area contributed by atoms with Gasteiger partial charge in [-0.05, 0) is 108 Å². The van der Waals surface area contributed by atoms with Crippen LogP contribution in [0, 0.1) is 0 Å². The van der Waals surface area contributed by atoms with E-state index in [0.717, 1.165) is 0 Å². The minimum Gasteiger partial charge on any atom is -0.0616 e. The smallest absolute Gasteiger partial charge is 0.0000476 e. The fourth-order valence-corrected chi connectivity index (χ4v) is 8.42. The third-order valence-electron chi connectivity index (χ3n) is 9.61. The van der Waals surface area contributed by atoms with E-state index < -0.39 is 0 Å². The molecule has 0 nitrogen and oxygen atoms in total. The van der Waals surface area contributed by atoms with Crippen LogP contribution in [-0.2, 0) is 0 Å². The molecule has 0 saturated carbocycles. The van der Waals surface area contributed by atoms with E-state index in [4.69, 9.17) is 0 Å². The molecule has 11 aromatic carbocycles. The Morgan fingerprint density at radius 1 is 0.158 bits per heavy atom. The molecule has 0 unspecified atom stereocenters. The van der Waals surface area contributed by atoms with Crippen molar-refractivity contribution in [2.24, 2.45) is 0 Å². The van der Waals surface area contributed by atoms with E-state index in [1.54, 1.807) is 0 Å². The monoisotopic (exact) mass is 474 g/mol. The molecule has 0 atom stereocenters. The first-order valence-electron chi connectivity index (χ1n) is 13.5. The van der Waals surface area contributed by atoms with Gasteiger partial charge in [0.2, 0.25) is 0 Å². The van der Waals surface area contributed by atoms with Crippen molar-refractivity contribution < 1.29 is 0 Å². The average Bonchev–Trinajstić information content (AvgIpc) is 3.72. The highest BCUT2D eigenvalue weighted by Crippen LogP contribution is 2.58. The Hall–Kier alpha value is -4.94. The van der Waals surface area contributed by atoms with Crippen LogP contribution >= 0.6 is 0 Å². The number of hydrogen-bond donors (Lipinski definition) is 0. The quantitative estimate of drug-likeness (QED) is 0.192. The Morgan fingerprint density at radius 3 is 0.500 bits per heavy atom. The molecule has 38 heavy (non-hydrogen) atoms. The average molecular weight is 475 g/mol. The van der Waals surface area contributed by atoms with Crippen molar-refractivity contribution in [3.8, 4) is 0 Å². The molecule has 0 heteroatoms. The molecule has 0 aromatic heterocycles. The van der Waals surface area contributed by atoms with Gasteiger partial charge in [0.25, 0.3) is 0 Å². The summed E-state index contributed by atoms with van der Waals surface area (Å²) >= 11 is 0. The molecule has 0 fully saturated rings. The molecule has 0 bridgehead atoms. The highest BCUT2D eigenvalue weighted by Gasteiger charge is 2.29. The Bertz CT molecular complexity index is 2570. The maximum atomic E-state index is 2.35. The van der Waals surface area contributed by atoms with Gasteiger partial charge in [-0.15, -0.1) is 0 Å². The van der Waals surface area contributed by atoms with Gasteiger partial charge in [-0.2, -0.15) is 0 Å². The highest BCUT2D eigenvalue weighted by molar-refractivity contribution is 6.60. The number of benzene rings is 8. The summed E-state index contributed by atoms with van der Waals surface area (Å²) in [5.41, 5.74) is 0. The van der Waals surface area contributed by atoms with Crippen LogP contribution in [0.2, 0.25) is 0 Å². The summed E-state index contributed by atoms with van der Waals surface area (Å²) in [5.74, 6) is 0. The molecule has 11 aromatic rings. The Kier molecular flexibility index (Phi) is 2.79. The number of rotatable bonds is 0. The number of fused-ring (bicyclic) bond motifs is 15. The van der Waals surface area contributed by atoms with Crippen molar-refractivity contribution in [3.05, 3.63) is 109 Å². The van der Waals surface area contributed by atoms with E-state index in [2.05, 4.69) is 109 Å². The van der Waals surface area contributed by atoms with Gasteiger partial charge in [0.1, 0.15) is 0 Å². The Morgan fingerprint density at radius 2 is 0.316 bits per heavy atom. The van der Waals surface area contributed by atoms with Crippen LogP contribution in [-0.4, -0.2) is 0 Å². The van der Waals surface area contributed by atoms with Crippen LogP contribution in [0.1, 0.15) is 0 Å². The fraction of sp³-hybridized carbons (Fsp3) is 0. The molecule has 0 radical (unpaired) electrons. The molecular weight excluding hydrogens is 456 g/mol. The normalized spacial score (nSPS) is 13.3.